The Balaban J connectivity index is 1.78. The lowest BCUT2D eigenvalue weighted by Crippen LogP contribution is -2.29. The van der Waals surface area contributed by atoms with Gasteiger partial charge >= 0.3 is 0 Å². The van der Waals surface area contributed by atoms with Crippen molar-refractivity contribution in [2.45, 2.75) is 52.9 Å². The molecule has 5 nitrogen and oxygen atoms in total. The molecule has 0 unspecified atom stereocenters. The van der Waals surface area contributed by atoms with Gasteiger partial charge in [0, 0.05) is 23.6 Å². The zero-order valence-electron chi connectivity index (χ0n) is 18.4. The number of ketones is 1. The van der Waals surface area contributed by atoms with Gasteiger partial charge in [-0.05, 0) is 29.7 Å². The Hall–Kier alpha value is -3.21. The fraction of sp³-hybridized carbons (Fsp3) is 0.346. The first-order valence-electron chi connectivity index (χ1n) is 11.0. The molecule has 2 aromatic carbocycles. The number of aliphatic hydroxyl groups excluding tert-OH is 1. The van der Waals surface area contributed by atoms with Crippen molar-refractivity contribution in [3.63, 3.8) is 0 Å². The molecule has 160 valence electrons. The lowest BCUT2D eigenvalue weighted by molar-refractivity contribution is -0.117. The topological polar surface area (TPSA) is 74.6 Å². The van der Waals surface area contributed by atoms with Gasteiger partial charge in [-0.1, -0.05) is 69.7 Å². The fourth-order valence-corrected chi connectivity index (χ4v) is 4.31. The van der Waals surface area contributed by atoms with Gasteiger partial charge in [-0.2, -0.15) is 5.10 Å². The number of pyridine rings is 1. The smallest absolute Gasteiger partial charge is 0.168 e. The van der Waals surface area contributed by atoms with Crippen LogP contribution < -0.4 is 5.43 Å². The summed E-state index contributed by atoms with van der Waals surface area (Å²) in [6, 6.07) is 16.1. The maximum Gasteiger partial charge on any atom is 0.168 e. The number of aliphatic hydroxyl groups is 1. The number of rotatable bonds is 6. The average Bonchev–Trinajstić information content (AvgIpc) is 2.73. The van der Waals surface area contributed by atoms with Crippen LogP contribution in [-0.4, -0.2) is 21.6 Å². The van der Waals surface area contributed by atoms with Crippen molar-refractivity contribution in [2.24, 2.45) is 10.5 Å². The van der Waals surface area contributed by atoms with E-state index in [-0.39, 0.29) is 17.0 Å². The number of carbonyl (C=O) groups excluding carboxylic acids is 1. The number of para-hydroxylation sites is 1. The molecule has 0 spiro atoms. The molecular weight excluding hydrogens is 386 g/mol. The van der Waals surface area contributed by atoms with E-state index in [1.807, 2.05) is 50.2 Å². The number of unbranched alkanes of at least 4 members (excludes halogenated alkanes) is 1. The number of nitrogens with zero attached hydrogens (tertiary/aromatic N) is 2. The zero-order valence-corrected chi connectivity index (χ0v) is 18.4. The molecule has 0 atom stereocenters. The summed E-state index contributed by atoms with van der Waals surface area (Å²) in [5, 5.41) is 18.5. The SMILES string of the molecule is CCCCC(=NNc1nc2ccccc2c2ccccc12)C1=C(O)CC(C)(C)CC1=O. The molecule has 0 fully saturated rings. The second-order valence-corrected chi connectivity index (χ2v) is 9.06. The van der Waals surface area contributed by atoms with Crippen LogP contribution in [0.15, 0.2) is 65.0 Å². The standard InChI is InChI=1S/C26H29N3O2/c1-4-5-13-21(24-22(30)15-26(2,3)16-23(24)31)28-29-25-19-12-7-6-10-17(19)18-11-8-9-14-20(18)27-25/h6-12,14,30H,4-5,13,15-16H2,1-3H3,(H,27,29). The number of benzene rings is 2. The number of nitrogens with one attached hydrogen (secondary N) is 1. The molecule has 0 saturated carbocycles. The van der Waals surface area contributed by atoms with Crippen LogP contribution in [0.4, 0.5) is 5.82 Å². The third-order valence-corrected chi connectivity index (χ3v) is 5.81. The number of hydrazone groups is 1. The highest BCUT2D eigenvalue weighted by atomic mass is 16.3. The van der Waals surface area contributed by atoms with Crippen LogP contribution in [0.25, 0.3) is 21.7 Å². The maximum atomic E-state index is 12.9. The zero-order chi connectivity index (χ0) is 22.0. The monoisotopic (exact) mass is 415 g/mol. The van der Waals surface area contributed by atoms with E-state index in [4.69, 9.17) is 4.98 Å². The van der Waals surface area contributed by atoms with Gasteiger partial charge in [-0.3, -0.25) is 10.2 Å². The van der Waals surface area contributed by atoms with E-state index >= 15 is 0 Å². The molecule has 4 rings (SSSR count). The summed E-state index contributed by atoms with van der Waals surface area (Å²) < 4.78 is 0. The van der Waals surface area contributed by atoms with E-state index in [9.17, 15) is 9.90 Å². The molecule has 2 N–H and O–H groups in total. The Kier molecular flexibility index (Phi) is 5.77. The maximum absolute atomic E-state index is 12.9. The molecule has 1 aromatic heterocycles. The van der Waals surface area contributed by atoms with E-state index in [2.05, 4.69) is 29.6 Å². The number of fused-ring (bicyclic) bond motifs is 3. The van der Waals surface area contributed by atoms with Crippen LogP contribution in [0.5, 0.6) is 0 Å². The molecule has 0 radical (unpaired) electrons. The van der Waals surface area contributed by atoms with Crippen molar-refractivity contribution in [3.8, 4) is 0 Å². The predicted molar refractivity (Wildman–Crippen MR) is 128 cm³/mol. The number of Topliss-reactive ketones (excluding diaryl/α,β-unsaturated/α-hetero) is 1. The number of carbonyl (C=O) groups is 1. The molecule has 0 aliphatic heterocycles. The van der Waals surface area contributed by atoms with E-state index in [1.54, 1.807) is 0 Å². The van der Waals surface area contributed by atoms with Crippen LogP contribution in [0, 0.1) is 5.41 Å². The minimum atomic E-state index is -0.232. The van der Waals surface area contributed by atoms with Crippen molar-refractivity contribution in [3.05, 3.63) is 59.9 Å². The highest BCUT2D eigenvalue weighted by Crippen LogP contribution is 2.37. The summed E-state index contributed by atoms with van der Waals surface area (Å²) in [5.41, 5.74) is 4.77. The highest BCUT2D eigenvalue weighted by Gasteiger charge is 2.35. The largest absolute Gasteiger partial charge is 0.511 e. The van der Waals surface area contributed by atoms with Gasteiger partial charge in [0.05, 0.1) is 16.8 Å². The Morgan fingerprint density at radius 1 is 1.06 bits per heavy atom. The number of hydrogen-bond donors (Lipinski definition) is 2. The van der Waals surface area contributed by atoms with Crippen molar-refractivity contribution in [1.82, 2.24) is 4.98 Å². The van der Waals surface area contributed by atoms with Gasteiger partial charge in [0.15, 0.2) is 11.6 Å². The molecule has 3 aromatic rings. The van der Waals surface area contributed by atoms with Crippen LogP contribution in [0.1, 0.15) is 52.9 Å². The van der Waals surface area contributed by atoms with Gasteiger partial charge in [0.2, 0.25) is 0 Å². The quantitative estimate of drug-likeness (QED) is 0.272. The molecule has 1 aliphatic carbocycles. The predicted octanol–water partition coefficient (Wildman–Crippen LogP) is 6.55. The lowest BCUT2D eigenvalue weighted by atomic mass is 9.75. The molecular formula is C26H29N3O2. The summed E-state index contributed by atoms with van der Waals surface area (Å²) in [5.74, 6) is 0.753. The first-order chi connectivity index (χ1) is 14.9. The number of aromatic nitrogens is 1. The van der Waals surface area contributed by atoms with Crippen LogP contribution in [0.3, 0.4) is 0 Å². The van der Waals surface area contributed by atoms with E-state index in [1.165, 1.54) is 0 Å². The fourth-order valence-electron chi connectivity index (χ4n) is 4.31. The van der Waals surface area contributed by atoms with Gasteiger partial charge in [-0.25, -0.2) is 4.98 Å². The molecule has 1 heterocycles. The Labute approximate surface area is 182 Å². The minimum absolute atomic E-state index is 0.0401. The van der Waals surface area contributed by atoms with Crippen LogP contribution in [0.2, 0.25) is 0 Å². The van der Waals surface area contributed by atoms with E-state index in [0.717, 1.165) is 34.5 Å². The third kappa shape index (κ3) is 4.31. The van der Waals surface area contributed by atoms with E-state index in [0.29, 0.717) is 36.4 Å². The first-order valence-corrected chi connectivity index (χ1v) is 11.0. The van der Waals surface area contributed by atoms with Crippen molar-refractivity contribution >= 4 is 39.0 Å². The lowest BCUT2D eigenvalue weighted by Gasteiger charge is -2.30. The van der Waals surface area contributed by atoms with Gasteiger partial charge in [0.25, 0.3) is 0 Å². The van der Waals surface area contributed by atoms with Crippen molar-refractivity contribution < 1.29 is 9.90 Å². The van der Waals surface area contributed by atoms with Crippen molar-refractivity contribution in [1.29, 1.82) is 0 Å². The number of anilines is 1. The number of hydrogen-bond acceptors (Lipinski definition) is 5. The molecule has 0 bridgehead atoms. The minimum Gasteiger partial charge on any atom is -0.511 e. The molecule has 0 amide bonds. The summed E-state index contributed by atoms with van der Waals surface area (Å²) in [4.78, 5) is 17.7. The Bertz CT molecular complexity index is 1210. The van der Waals surface area contributed by atoms with Gasteiger partial charge < -0.3 is 5.11 Å². The second-order valence-electron chi connectivity index (χ2n) is 9.06. The summed E-state index contributed by atoms with van der Waals surface area (Å²) in [6.45, 7) is 6.11. The Morgan fingerprint density at radius 2 is 1.74 bits per heavy atom. The normalized spacial score (nSPS) is 16.9. The third-order valence-electron chi connectivity index (χ3n) is 5.81. The van der Waals surface area contributed by atoms with Gasteiger partial charge in [-0.15, -0.1) is 0 Å². The first kappa shape index (κ1) is 21.0. The molecule has 5 heteroatoms. The molecule has 1 aliphatic rings. The van der Waals surface area contributed by atoms with Crippen LogP contribution >= 0.6 is 0 Å². The van der Waals surface area contributed by atoms with Crippen LogP contribution in [-0.2, 0) is 4.79 Å². The average molecular weight is 416 g/mol. The highest BCUT2D eigenvalue weighted by molar-refractivity contribution is 6.23. The second kappa shape index (κ2) is 8.50. The molecule has 31 heavy (non-hydrogen) atoms. The summed E-state index contributed by atoms with van der Waals surface area (Å²) in [6.07, 6.45) is 3.38. The van der Waals surface area contributed by atoms with Crippen molar-refractivity contribution in [2.75, 3.05) is 5.43 Å². The number of allylic oxidation sites excluding steroid dienone is 2. The summed E-state index contributed by atoms with van der Waals surface area (Å²) in [7, 11) is 0. The Morgan fingerprint density at radius 3 is 2.45 bits per heavy atom. The molecule has 0 saturated heterocycles. The van der Waals surface area contributed by atoms with Gasteiger partial charge in [0.1, 0.15) is 5.76 Å². The summed E-state index contributed by atoms with van der Waals surface area (Å²) >= 11 is 0. The van der Waals surface area contributed by atoms with E-state index < -0.39 is 0 Å².